The average molecular weight is 488 g/mol. The molecule has 6 heterocycles. The molecule has 0 radical (unpaired) electrons. The molecule has 9 nitrogen and oxygen atoms in total. The Balaban J connectivity index is 1.23. The fourth-order valence-corrected chi connectivity index (χ4v) is 6.23. The Morgan fingerprint density at radius 1 is 1.11 bits per heavy atom. The Hall–Kier alpha value is -3.43. The summed E-state index contributed by atoms with van der Waals surface area (Å²) < 4.78 is 3.67. The monoisotopic (exact) mass is 487 g/mol. The maximum Gasteiger partial charge on any atom is 0.159 e. The topological polar surface area (TPSA) is 106 Å². The fraction of sp³-hybridized carbons (Fsp3) is 0.360. The Morgan fingerprint density at radius 3 is 2.71 bits per heavy atom. The Bertz CT molecular complexity index is 1550. The second kappa shape index (κ2) is 7.79. The van der Waals surface area contributed by atoms with Crippen LogP contribution in [0.2, 0.25) is 5.02 Å². The molecule has 7 rings (SSSR count). The number of piperidine rings is 1. The Labute approximate surface area is 206 Å². The van der Waals surface area contributed by atoms with Gasteiger partial charge in [-0.3, -0.25) is 9.36 Å². The van der Waals surface area contributed by atoms with Crippen LogP contribution in [0.25, 0.3) is 33.2 Å². The molecule has 0 unspecified atom stereocenters. The highest BCUT2D eigenvalue weighted by atomic mass is 35.5. The van der Waals surface area contributed by atoms with Crippen LogP contribution in [-0.2, 0) is 13.6 Å². The van der Waals surface area contributed by atoms with E-state index in [9.17, 15) is 0 Å². The molecule has 2 bridgehead atoms. The molecule has 10 heteroatoms. The highest BCUT2D eigenvalue weighted by molar-refractivity contribution is 6.38. The van der Waals surface area contributed by atoms with Crippen LogP contribution in [-0.4, -0.2) is 52.6 Å². The Morgan fingerprint density at radius 2 is 1.94 bits per heavy atom. The summed E-state index contributed by atoms with van der Waals surface area (Å²) in [6.07, 6.45) is 12.2. The normalized spacial score (nSPS) is 22.0. The lowest BCUT2D eigenvalue weighted by Gasteiger charge is -2.38. The van der Waals surface area contributed by atoms with Crippen LogP contribution in [0.5, 0.6) is 0 Å². The highest BCUT2D eigenvalue weighted by Crippen LogP contribution is 2.40. The first kappa shape index (κ1) is 20.9. The number of anilines is 1. The van der Waals surface area contributed by atoms with E-state index in [1.807, 2.05) is 54.7 Å². The third-order valence-corrected chi connectivity index (χ3v) is 7.86. The van der Waals surface area contributed by atoms with Crippen molar-refractivity contribution in [1.29, 1.82) is 0 Å². The third-order valence-electron chi connectivity index (χ3n) is 7.46. The molecule has 2 fully saturated rings. The second-order valence-corrected chi connectivity index (χ2v) is 10.2. The number of hydrogen-bond donors (Lipinski definition) is 2. The van der Waals surface area contributed by atoms with Crippen molar-refractivity contribution in [2.75, 3.05) is 4.90 Å². The quantitative estimate of drug-likeness (QED) is 0.398. The summed E-state index contributed by atoms with van der Waals surface area (Å²) in [5.74, 6) is 0.933. The van der Waals surface area contributed by atoms with Crippen molar-refractivity contribution in [2.45, 2.75) is 50.4 Å². The minimum atomic E-state index is 0.294. The summed E-state index contributed by atoms with van der Waals surface area (Å²) in [4.78, 5) is 15.6. The predicted molar refractivity (Wildman–Crippen MR) is 136 cm³/mol. The summed E-state index contributed by atoms with van der Waals surface area (Å²) in [5, 5.41) is 10.7. The number of aromatic amines is 1. The summed E-state index contributed by atoms with van der Waals surface area (Å²) in [5.41, 5.74) is 11.5. The lowest BCUT2D eigenvalue weighted by Crippen LogP contribution is -2.47. The summed E-state index contributed by atoms with van der Waals surface area (Å²) in [6.45, 7) is 0.589. The van der Waals surface area contributed by atoms with Gasteiger partial charge in [0, 0.05) is 60.3 Å². The van der Waals surface area contributed by atoms with Gasteiger partial charge in [-0.2, -0.15) is 10.2 Å². The van der Waals surface area contributed by atoms with Crippen molar-refractivity contribution < 1.29 is 0 Å². The van der Waals surface area contributed by atoms with Crippen LogP contribution < -0.4 is 10.6 Å². The highest BCUT2D eigenvalue weighted by Gasteiger charge is 2.40. The molecular formula is C25H26ClN9. The van der Waals surface area contributed by atoms with Crippen LogP contribution in [0, 0.1) is 0 Å². The number of nitrogens with two attached hydrogens (primary N) is 1. The third kappa shape index (κ3) is 3.41. The number of rotatable bonds is 4. The van der Waals surface area contributed by atoms with Gasteiger partial charge in [-0.25, -0.2) is 9.97 Å². The van der Waals surface area contributed by atoms with E-state index >= 15 is 0 Å². The predicted octanol–water partition coefficient (Wildman–Crippen LogP) is 3.87. The fourth-order valence-electron chi connectivity index (χ4n) is 5.92. The van der Waals surface area contributed by atoms with E-state index in [0.717, 1.165) is 57.5 Å². The van der Waals surface area contributed by atoms with Gasteiger partial charge in [0.1, 0.15) is 11.3 Å². The van der Waals surface area contributed by atoms with E-state index in [0.29, 0.717) is 29.7 Å². The van der Waals surface area contributed by atoms with Crippen LogP contribution in [0.1, 0.15) is 31.4 Å². The minimum absolute atomic E-state index is 0.294. The molecule has 0 spiro atoms. The minimum Gasteiger partial charge on any atom is -0.349 e. The van der Waals surface area contributed by atoms with Gasteiger partial charge in [0.05, 0.1) is 29.0 Å². The molecule has 4 aromatic heterocycles. The van der Waals surface area contributed by atoms with Gasteiger partial charge in [-0.15, -0.1) is 0 Å². The van der Waals surface area contributed by atoms with E-state index < -0.39 is 0 Å². The number of halogens is 1. The van der Waals surface area contributed by atoms with Gasteiger partial charge in [-0.05, 0) is 37.8 Å². The number of nitrogens with zero attached hydrogens (tertiary/aromatic N) is 7. The molecule has 2 aliphatic heterocycles. The van der Waals surface area contributed by atoms with E-state index in [1.54, 1.807) is 4.68 Å². The van der Waals surface area contributed by atoms with E-state index in [1.165, 1.54) is 12.8 Å². The number of nitrogens with one attached hydrogen (secondary N) is 1. The van der Waals surface area contributed by atoms with Crippen LogP contribution in [0.3, 0.4) is 0 Å². The SMILES string of the molecule is Cn1ccc(Cn2cc3c(Cl)c(-c4c[nH]c5nc(N6[C@@H]7CC[C@H]6C[C@@H](N)C7)cnc45)ccc3n2)n1. The van der Waals surface area contributed by atoms with Crippen molar-refractivity contribution >= 4 is 39.5 Å². The number of benzene rings is 1. The summed E-state index contributed by atoms with van der Waals surface area (Å²) >= 11 is 6.91. The molecule has 2 aliphatic rings. The first-order valence-electron chi connectivity index (χ1n) is 12.1. The number of H-pyrrole nitrogens is 1. The molecular weight excluding hydrogens is 462 g/mol. The number of fused-ring (bicyclic) bond motifs is 4. The molecule has 3 N–H and O–H groups in total. The van der Waals surface area contributed by atoms with Crippen molar-refractivity contribution in [3.8, 4) is 11.1 Å². The van der Waals surface area contributed by atoms with Gasteiger partial charge in [0.2, 0.25) is 0 Å². The molecule has 3 atom stereocenters. The van der Waals surface area contributed by atoms with Crippen LogP contribution >= 0.6 is 11.6 Å². The van der Waals surface area contributed by atoms with Gasteiger partial charge in [0.25, 0.3) is 0 Å². The maximum absolute atomic E-state index is 6.91. The van der Waals surface area contributed by atoms with Crippen molar-refractivity contribution in [3.05, 3.63) is 53.7 Å². The first-order chi connectivity index (χ1) is 17.0. The molecule has 178 valence electrons. The first-order valence-corrected chi connectivity index (χ1v) is 12.4. The van der Waals surface area contributed by atoms with Gasteiger partial charge in [-0.1, -0.05) is 17.7 Å². The largest absolute Gasteiger partial charge is 0.349 e. The standard InChI is InChI=1S/C25H26ClN9/c1-33-7-6-15(31-33)12-34-13-20-21(32-34)5-4-18(23(20)26)19-10-29-25-24(19)28-11-22(30-25)35-16-2-3-17(35)9-14(27)8-16/h4-7,10-11,13-14,16-17H,2-3,8-9,12,27H2,1H3,(H,29,30)/t14-,16+,17-. The second-order valence-electron chi connectivity index (χ2n) is 9.82. The summed E-state index contributed by atoms with van der Waals surface area (Å²) in [6, 6.07) is 7.22. The summed E-state index contributed by atoms with van der Waals surface area (Å²) in [7, 11) is 1.91. The zero-order valence-corrected chi connectivity index (χ0v) is 20.2. The molecule has 35 heavy (non-hydrogen) atoms. The van der Waals surface area contributed by atoms with Crippen LogP contribution in [0.4, 0.5) is 5.82 Å². The zero-order valence-electron chi connectivity index (χ0n) is 19.4. The molecule has 0 saturated carbocycles. The molecule has 5 aromatic rings. The molecule has 0 amide bonds. The molecule has 1 aromatic carbocycles. The lowest BCUT2D eigenvalue weighted by atomic mass is 9.98. The van der Waals surface area contributed by atoms with E-state index in [-0.39, 0.29) is 0 Å². The van der Waals surface area contributed by atoms with Crippen LogP contribution in [0.15, 0.2) is 43.0 Å². The lowest BCUT2D eigenvalue weighted by molar-refractivity contribution is 0.412. The van der Waals surface area contributed by atoms with Crippen molar-refractivity contribution in [2.24, 2.45) is 12.8 Å². The Kier molecular flexibility index (Phi) is 4.65. The van der Waals surface area contributed by atoms with Crippen molar-refractivity contribution in [3.63, 3.8) is 0 Å². The van der Waals surface area contributed by atoms with E-state index in [4.69, 9.17) is 27.3 Å². The van der Waals surface area contributed by atoms with Gasteiger partial charge < -0.3 is 15.6 Å². The zero-order chi connectivity index (χ0) is 23.7. The number of hydrogen-bond acceptors (Lipinski definition) is 6. The maximum atomic E-state index is 6.91. The smallest absolute Gasteiger partial charge is 0.159 e. The number of aromatic nitrogens is 7. The molecule has 0 aliphatic carbocycles. The van der Waals surface area contributed by atoms with Crippen molar-refractivity contribution in [1.82, 2.24) is 34.5 Å². The average Bonchev–Trinajstić information content (AvgIpc) is 3.60. The number of aryl methyl sites for hydroxylation is 1. The van der Waals surface area contributed by atoms with Gasteiger partial charge in [0.15, 0.2) is 5.65 Å². The van der Waals surface area contributed by atoms with Gasteiger partial charge >= 0.3 is 0 Å². The van der Waals surface area contributed by atoms with E-state index in [2.05, 4.69) is 20.1 Å². The molecule has 2 saturated heterocycles.